The summed E-state index contributed by atoms with van der Waals surface area (Å²) in [7, 11) is 0. The molecule has 1 rings (SSSR count). The van der Waals surface area contributed by atoms with E-state index >= 15 is 0 Å². The molecule has 0 atom stereocenters. The Labute approximate surface area is 93.0 Å². The van der Waals surface area contributed by atoms with Crippen molar-refractivity contribution in [3.8, 4) is 0 Å². The number of halogens is 2. The van der Waals surface area contributed by atoms with Crippen molar-refractivity contribution in [3.63, 3.8) is 0 Å². The van der Waals surface area contributed by atoms with Crippen LogP contribution in [0, 0.1) is 6.58 Å². The SMILES string of the molecule is [CH]=Cc1ccccc1.[Cl-].[Cl-].[Ga]. The number of hydrogen-bond acceptors (Lipinski definition) is 0. The first-order chi connectivity index (χ1) is 3.93. The molecular weight excluding hydrogens is 237 g/mol. The fraction of sp³-hybridized carbons (Fsp3) is 0. The Hall–Kier alpha value is 0.176. The monoisotopic (exact) mass is 242 g/mol. The molecular formula is C8H7Cl2Ga-2. The second-order valence-corrected chi connectivity index (χ2v) is 1.58. The molecule has 0 spiro atoms. The fourth-order valence-electron chi connectivity index (χ4n) is 0.564. The first-order valence-electron chi connectivity index (χ1n) is 2.53. The van der Waals surface area contributed by atoms with Gasteiger partial charge in [0.05, 0.1) is 0 Å². The quantitative estimate of drug-likeness (QED) is 0.439. The summed E-state index contributed by atoms with van der Waals surface area (Å²) in [6.45, 7) is 5.22. The van der Waals surface area contributed by atoms with Gasteiger partial charge in [-0.25, -0.2) is 0 Å². The van der Waals surface area contributed by atoms with Gasteiger partial charge in [-0.05, 0) is 5.56 Å². The Kier molecular flexibility index (Phi) is 16.0. The van der Waals surface area contributed by atoms with Crippen LogP contribution in [0.15, 0.2) is 30.3 Å². The summed E-state index contributed by atoms with van der Waals surface area (Å²) < 4.78 is 0. The van der Waals surface area contributed by atoms with Crippen molar-refractivity contribution in [2.75, 3.05) is 0 Å². The van der Waals surface area contributed by atoms with E-state index in [1.165, 1.54) is 0 Å². The van der Waals surface area contributed by atoms with Gasteiger partial charge in [0.2, 0.25) is 0 Å². The number of rotatable bonds is 1. The molecule has 58 valence electrons. The molecule has 0 amide bonds. The smallest absolute Gasteiger partial charge is 0 e. The predicted molar refractivity (Wildman–Crippen MR) is 41.0 cm³/mol. The van der Waals surface area contributed by atoms with Crippen LogP contribution in [-0.2, 0) is 0 Å². The van der Waals surface area contributed by atoms with E-state index in [1.54, 1.807) is 6.08 Å². The van der Waals surface area contributed by atoms with Crippen LogP contribution in [0.5, 0.6) is 0 Å². The third-order valence-corrected chi connectivity index (χ3v) is 0.992. The molecule has 0 nitrogen and oxygen atoms in total. The van der Waals surface area contributed by atoms with Crippen molar-refractivity contribution in [2.24, 2.45) is 0 Å². The Morgan fingerprint density at radius 1 is 1.00 bits per heavy atom. The van der Waals surface area contributed by atoms with Gasteiger partial charge in [0.25, 0.3) is 0 Å². The van der Waals surface area contributed by atoms with Crippen molar-refractivity contribution in [3.05, 3.63) is 42.5 Å². The van der Waals surface area contributed by atoms with Crippen LogP contribution in [0.2, 0.25) is 0 Å². The van der Waals surface area contributed by atoms with E-state index in [1.807, 2.05) is 30.3 Å². The van der Waals surface area contributed by atoms with Crippen molar-refractivity contribution in [1.29, 1.82) is 0 Å². The second-order valence-electron chi connectivity index (χ2n) is 1.58. The molecule has 0 heterocycles. The van der Waals surface area contributed by atoms with Crippen LogP contribution in [0.3, 0.4) is 0 Å². The molecule has 0 aliphatic carbocycles. The maximum Gasteiger partial charge on any atom is 0 e. The Morgan fingerprint density at radius 3 is 1.73 bits per heavy atom. The van der Waals surface area contributed by atoms with Gasteiger partial charge >= 0.3 is 0 Å². The van der Waals surface area contributed by atoms with E-state index in [9.17, 15) is 0 Å². The molecule has 0 fully saturated rings. The maximum atomic E-state index is 5.22. The van der Waals surface area contributed by atoms with E-state index in [4.69, 9.17) is 6.58 Å². The molecule has 3 heteroatoms. The average molecular weight is 244 g/mol. The molecule has 0 bridgehead atoms. The molecule has 4 radical (unpaired) electrons. The van der Waals surface area contributed by atoms with Crippen molar-refractivity contribution in [2.45, 2.75) is 0 Å². The second kappa shape index (κ2) is 10.2. The minimum Gasteiger partial charge on any atom is -1.00 e. The topological polar surface area (TPSA) is 0 Å². The van der Waals surface area contributed by atoms with E-state index in [0.717, 1.165) is 5.56 Å². The van der Waals surface area contributed by atoms with E-state index in [2.05, 4.69) is 0 Å². The van der Waals surface area contributed by atoms with Gasteiger partial charge in [0, 0.05) is 19.8 Å². The zero-order chi connectivity index (χ0) is 5.82. The van der Waals surface area contributed by atoms with Gasteiger partial charge in [-0.2, -0.15) is 0 Å². The van der Waals surface area contributed by atoms with Gasteiger partial charge in [0.1, 0.15) is 0 Å². The molecule has 1 aromatic rings. The average Bonchev–Trinajstić information content (AvgIpc) is 1.90. The molecule has 11 heavy (non-hydrogen) atoms. The first kappa shape index (κ1) is 17.3. The van der Waals surface area contributed by atoms with Crippen LogP contribution in [0.25, 0.3) is 6.08 Å². The normalized spacial score (nSPS) is 6.18. The van der Waals surface area contributed by atoms with Crippen LogP contribution < -0.4 is 24.8 Å². The number of benzene rings is 1. The molecule has 0 unspecified atom stereocenters. The standard InChI is InChI=1S/C8H7.2ClH.Ga/c1-2-8-6-4-3-5-7-8;;;/h1-7H;2*1H;/p-2. The fourth-order valence-corrected chi connectivity index (χ4v) is 0.564. The van der Waals surface area contributed by atoms with Crippen molar-refractivity contribution < 1.29 is 24.8 Å². The van der Waals surface area contributed by atoms with Crippen molar-refractivity contribution in [1.82, 2.24) is 0 Å². The summed E-state index contributed by atoms with van der Waals surface area (Å²) in [5, 5.41) is 0. The third kappa shape index (κ3) is 6.57. The molecule has 1 aromatic carbocycles. The Bertz CT molecular complexity index is 175. The zero-order valence-electron chi connectivity index (χ0n) is 5.87. The molecule has 0 aromatic heterocycles. The largest absolute Gasteiger partial charge is 1.00 e. The van der Waals surface area contributed by atoms with Crippen LogP contribution in [0.1, 0.15) is 5.56 Å². The Morgan fingerprint density at radius 2 is 1.45 bits per heavy atom. The summed E-state index contributed by atoms with van der Waals surface area (Å²) in [6.07, 6.45) is 1.58. The van der Waals surface area contributed by atoms with E-state index < -0.39 is 0 Å². The van der Waals surface area contributed by atoms with Gasteiger partial charge in [-0.1, -0.05) is 43.0 Å². The van der Waals surface area contributed by atoms with Crippen LogP contribution >= 0.6 is 0 Å². The van der Waals surface area contributed by atoms with E-state index in [0.29, 0.717) is 0 Å². The molecule has 0 aliphatic heterocycles. The summed E-state index contributed by atoms with van der Waals surface area (Å²) in [4.78, 5) is 0. The summed E-state index contributed by atoms with van der Waals surface area (Å²) in [6, 6.07) is 9.80. The van der Waals surface area contributed by atoms with Gasteiger partial charge < -0.3 is 24.8 Å². The predicted octanol–water partition coefficient (Wildman–Crippen LogP) is -4.24. The summed E-state index contributed by atoms with van der Waals surface area (Å²) >= 11 is 0. The maximum absolute atomic E-state index is 5.22. The zero-order valence-corrected chi connectivity index (χ0v) is 9.81. The first-order valence-corrected chi connectivity index (χ1v) is 2.53. The van der Waals surface area contributed by atoms with Gasteiger partial charge in [-0.3, -0.25) is 0 Å². The third-order valence-electron chi connectivity index (χ3n) is 0.992. The molecule has 0 N–H and O–H groups in total. The van der Waals surface area contributed by atoms with Gasteiger partial charge in [0.15, 0.2) is 0 Å². The molecule has 0 aliphatic rings. The van der Waals surface area contributed by atoms with E-state index in [-0.39, 0.29) is 44.6 Å². The Balaban J connectivity index is -0.000000213. The van der Waals surface area contributed by atoms with Gasteiger partial charge in [-0.15, -0.1) is 0 Å². The van der Waals surface area contributed by atoms with Crippen LogP contribution in [0.4, 0.5) is 0 Å². The minimum atomic E-state index is 0. The summed E-state index contributed by atoms with van der Waals surface area (Å²) in [5.74, 6) is 0. The summed E-state index contributed by atoms with van der Waals surface area (Å²) in [5.41, 5.74) is 1.06. The molecule has 0 saturated heterocycles. The molecule has 0 saturated carbocycles. The number of hydrogen-bond donors (Lipinski definition) is 0. The van der Waals surface area contributed by atoms with Crippen molar-refractivity contribution >= 4 is 25.9 Å². The minimum absolute atomic E-state index is 0. The van der Waals surface area contributed by atoms with Crippen LogP contribution in [-0.4, -0.2) is 19.8 Å².